The number of rotatable bonds is 10. The van der Waals surface area contributed by atoms with E-state index >= 15 is 4.39 Å². The molecule has 1 amide bonds. The Kier molecular flexibility index (Phi) is 8.48. The predicted molar refractivity (Wildman–Crippen MR) is 153 cm³/mol. The number of alkyl halides is 1. The van der Waals surface area contributed by atoms with Gasteiger partial charge in [-0.15, -0.1) is 0 Å². The van der Waals surface area contributed by atoms with Crippen molar-refractivity contribution in [2.45, 2.75) is 66.1 Å². The van der Waals surface area contributed by atoms with Gasteiger partial charge in [0.25, 0.3) is 0 Å². The van der Waals surface area contributed by atoms with E-state index in [4.69, 9.17) is 0 Å². The van der Waals surface area contributed by atoms with E-state index in [2.05, 4.69) is 73.7 Å². The van der Waals surface area contributed by atoms with E-state index in [1.807, 2.05) is 24.3 Å². The minimum absolute atomic E-state index is 0.00282. The lowest BCUT2D eigenvalue weighted by Gasteiger charge is -2.18. The summed E-state index contributed by atoms with van der Waals surface area (Å²) in [5.41, 5.74) is 7.88. The summed E-state index contributed by atoms with van der Waals surface area (Å²) in [7, 11) is 0. The number of para-hydroxylation sites is 1. The average molecular weight is 499 g/mol. The highest BCUT2D eigenvalue weighted by Gasteiger charge is 2.25. The number of carbonyl (C=O) groups is 1. The van der Waals surface area contributed by atoms with E-state index in [1.54, 1.807) is 6.92 Å². The minimum Gasteiger partial charge on any atom is -0.356 e. The number of nitrogens with zero attached hydrogens (tertiary/aromatic N) is 1. The lowest BCUT2D eigenvalue weighted by molar-refractivity contribution is -0.121. The molecule has 0 radical (unpaired) electrons. The van der Waals surface area contributed by atoms with Crippen molar-refractivity contribution in [3.05, 3.63) is 106 Å². The summed E-state index contributed by atoms with van der Waals surface area (Å²) in [6.45, 7) is 13.2. The Morgan fingerprint density at radius 2 is 1.97 bits per heavy atom. The van der Waals surface area contributed by atoms with E-state index in [1.165, 1.54) is 22.3 Å². The molecule has 194 valence electrons. The minimum atomic E-state index is -1.30. The van der Waals surface area contributed by atoms with E-state index in [0.29, 0.717) is 43.1 Å². The van der Waals surface area contributed by atoms with Crippen LogP contribution in [-0.2, 0) is 17.8 Å². The first kappa shape index (κ1) is 26.7. The zero-order valence-electron chi connectivity index (χ0n) is 22.6. The van der Waals surface area contributed by atoms with Crippen LogP contribution in [0.1, 0.15) is 67.2 Å². The number of hydrogen-bond donors (Lipinski definition) is 1. The van der Waals surface area contributed by atoms with Gasteiger partial charge in [-0.2, -0.15) is 0 Å². The summed E-state index contributed by atoms with van der Waals surface area (Å²) in [6.07, 6.45) is 7.89. The van der Waals surface area contributed by atoms with Gasteiger partial charge in [-0.3, -0.25) is 4.79 Å². The van der Waals surface area contributed by atoms with Gasteiger partial charge in [0.05, 0.1) is 5.69 Å². The molecule has 0 saturated carbocycles. The number of fused-ring (bicyclic) bond motifs is 1. The number of allylic oxidation sites excluding steroid dienone is 4. The number of hydrogen-bond acceptors (Lipinski definition) is 1. The van der Waals surface area contributed by atoms with E-state index < -0.39 is 6.17 Å². The highest BCUT2D eigenvalue weighted by Crippen LogP contribution is 2.37. The summed E-state index contributed by atoms with van der Waals surface area (Å²) in [5.74, 6) is 0.556. The number of nitrogens with one attached hydrogen (secondary N) is 1. The molecule has 0 spiro atoms. The monoisotopic (exact) mass is 498 g/mol. The number of carbonyl (C=O) groups excluding carboxylic acids is 1. The molecule has 0 bridgehead atoms. The van der Waals surface area contributed by atoms with Crippen LogP contribution in [-0.4, -0.2) is 17.0 Å². The standard InChI is InChI=1S/C33H39FN2O/c1-22(2)32(34)33-29(15-16-31(37)35-18-17-26-10-8-9-23(3)19-26)28-11-6-7-12-30(28)36(33)21-27-20-24(4)13-14-25(27)5/h6-14,20,23,32H,1,15-19,21H2,2-5H3,(H,35,37). The zero-order valence-corrected chi connectivity index (χ0v) is 22.6. The molecule has 3 aromatic rings. The van der Waals surface area contributed by atoms with Crippen molar-refractivity contribution in [3.8, 4) is 0 Å². The Balaban J connectivity index is 1.58. The fourth-order valence-electron chi connectivity index (χ4n) is 5.30. The van der Waals surface area contributed by atoms with Gasteiger partial charge in [0.1, 0.15) is 0 Å². The number of aromatic nitrogens is 1. The first-order valence-electron chi connectivity index (χ1n) is 13.3. The summed E-state index contributed by atoms with van der Waals surface area (Å²) in [6, 6.07) is 14.5. The Morgan fingerprint density at radius 3 is 2.73 bits per heavy atom. The second kappa shape index (κ2) is 11.8. The third-order valence-corrected chi connectivity index (χ3v) is 7.35. The van der Waals surface area contributed by atoms with Gasteiger partial charge >= 0.3 is 0 Å². The van der Waals surface area contributed by atoms with Crippen LogP contribution in [0.25, 0.3) is 10.9 Å². The maximum absolute atomic E-state index is 15.8. The Hall–Kier alpha value is -3.40. The van der Waals surface area contributed by atoms with Crippen LogP contribution in [0.5, 0.6) is 0 Å². The molecule has 3 nitrogen and oxygen atoms in total. The second-order valence-corrected chi connectivity index (χ2v) is 10.6. The van der Waals surface area contributed by atoms with Crippen molar-refractivity contribution >= 4 is 16.8 Å². The van der Waals surface area contributed by atoms with Crippen LogP contribution < -0.4 is 5.32 Å². The van der Waals surface area contributed by atoms with Crippen molar-refractivity contribution in [1.82, 2.24) is 9.88 Å². The smallest absolute Gasteiger partial charge is 0.220 e. The Bertz CT molecular complexity index is 1360. The van der Waals surface area contributed by atoms with E-state index in [-0.39, 0.29) is 5.91 Å². The maximum Gasteiger partial charge on any atom is 0.220 e. The Labute approximate surface area is 220 Å². The normalized spacial score (nSPS) is 16.0. The third kappa shape index (κ3) is 6.30. The average Bonchev–Trinajstić information content (AvgIpc) is 3.17. The quantitative estimate of drug-likeness (QED) is 0.284. The number of aryl methyl sites for hydroxylation is 3. The van der Waals surface area contributed by atoms with Crippen LogP contribution in [0, 0.1) is 19.8 Å². The molecular weight excluding hydrogens is 459 g/mol. The maximum atomic E-state index is 15.8. The summed E-state index contributed by atoms with van der Waals surface area (Å²) < 4.78 is 17.9. The summed E-state index contributed by atoms with van der Waals surface area (Å²) >= 11 is 0. The first-order chi connectivity index (χ1) is 17.7. The summed E-state index contributed by atoms with van der Waals surface area (Å²) in [5, 5.41) is 4.08. The highest BCUT2D eigenvalue weighted by molar-refractivity contribution is 5.87. The molecule has 37 heavy (non-hydrogen) atoms. The Morgan fingerprint density at radius 1 is 1.19 bits per heavy atom. The SMILES string of the molecule is C=C(C)C(F)c1c(CCC(=O)NCCC2=CC=CC(C)C2)c2ccccc2n1Cc1cc(C)ccc1C. The molecule has 0 aliphatic heterocycles. The molecule has 1 aliphatic carbocycles. The lowest BCUT2D eigenvalue weighted by atomic mass is 9.94. The van der Waals surface area contributed by atoms with Gasteiger partial charge in [0.15, 0.2) is 6.17 Å². The van der Waals surface area contributed by atoms with Crippen LogP contribution in [0.15, 0.2) is 78.4 Å². The molecule has 1 aromatic heterocycles. The van der Waals surface area contributed by atoms with Crippen molar-refractivity contribution in [2.75, 3.05) is 6.54 Å². The van der Waals surface area contributed by atoms with Gasteiger partial charge < -0.3 is 9.88 Å². The summed E-state index contributed by atoms with van der Waals surface area (Å²) in [4.78, 5) is 12.8. The molecule has 0 saturated heterocycles. The number of amides is 1. The molecule has 1 aliphatic rings. The van der Waals surface area contributed by atoms with E-state index in [9.17, 15) is 4.79 Å². The number of halogens is 1. The molecule has 0 fully saturated rings. The first-order valence-corrected chi connectivity index (χ1v) is 13.3. The number of benzene rings is 2. The molecule has 1 heterocycles. The second-order valence-electron chi connectivity index (χ2n) is 10.6. The van der Waals surface area contributed by atoms with Crippen molar-refractivity contribution in [1.29, 1.82) is 0 Å². The predicted octanol–water partition coefficient (Wildman–Crippen LogP) is 7.85. The highest BCUT2D eigenvalue weighted by atomic mass is 19.1. The van der Waals surface area contributed by atoms with Gasteiger partial charge in [0.2, 0.25) is 5.91 Å². The molecular formula is C33H39FN2O. The largest absolute Gasteiger partial charge is 0.356 e. The lowest BCUT2D eigenvalue weighted by Crippen LogP contribution is -2.25. The molecule has 2 atom stereocenters. The van der Waals surface area contributed by atoms with Gasteiger partial charge in [0, 0.05) is 30.4 Å². The van der Waals surface area contributed by atoms with E-state index in [0.717, 1.165) is 29.3 Å². The van der Waals surface area contributed by atoms with Gasteiger partial charge in [-0.25, -0.2) is 4.39 Å². The topological polar surface area (TPSA) is 34.0 Å². The molecule has 4 heteroatoms. The molecule has 4 rings (SSSR count). The van der Waals surface area contributed by atoms with Crippen molar-refractivity contribution < 1.29 is 9.18 Å². The van der Waals surface area contributed by atoms with Crippen molar-refractivity contribution in [2.24, 2.45) is 5.92 Å². The molecule has 2 unspecified atom stereocenters. The zero-order chi connectivity index (χ0) is 26.5. The fraction of sp³-hybridized carbons (Fsp3) is 0.364. The van der Waals surface area contributed by atoms with Gasteiger partial charge in [-0.05, 0) is 74.3 Å². The van der Waals surface area contributed by atoms with Crippen molar-refractivity contribution in [3.63, 3.8) is 0 Å². The van der Waals surface area contributed by atoms with Gasteiger partial charge in [-0.1, -0.05) is 79.3 Å². The van der Waals surface area contributed by atoms with Crippen LogP contribution in [0.4, 0.5) is 4.39 Å². The fourth-order valence-corrected chi connectivity index (χ4v) is 5.30. The molecule has 2 aromatic carbocycles. The van der Waals surface area contributed by atoms with Crippen LogP contribution >= 0.6 is 0 Å². The van der Waals surface area contributed by atoms with Crippen LogP contribution in [0.2, 0.25) is 0 Å². The third-order valence-electron chi connectivity index (χ3n) is 7.35. The van der Waals surface area contributed by atoms with Crippen LogP contribution in [0.3, 0.4) is 0 Å². The molecule has 1 N–H and O–H groups in total.